The molecule has 1 aromatic carbocycles. The van der Waals surface area contributed by atoms with Crippen LogP contribution in [0.3, 0.4) is 0 Å². The predicted octanol–water partition coefficient (Wildman–Crippen LogP) is 3.70. The molecule has 66 valence electrons. The molecule has 0 radical (unpaired) electrons. The Morgan fingerprint density at radius 3 is 2.50 bits per heavy atom. The molecule has 0 bridgehead atoms. The lowest BCUT2D eigenvalue weighted by molar-refractivity contribution is 0.429. The molecule has 0 heterocycles. The van der Waals surface area contributed by atoms with Crippen molar-refractivity contribution in [1.82, 2.24) is 0 Å². The van der Waals surface area contributed by atoms with E-state index in [1.807, 2.05) is 18.2 Å². The number of benzene rings is 1. The highest BCUT2D eigenvalue weighted by Gasteiger charge is 1.99. The standard InChI is InChI=1S/C10H12BrF/c11-10(12)8-4-7-9-5-2-1-3-6-9/h1-3,5-6,10H,4,7-8H2. The molecule has 1 unspecified atom stereocenters. The molecule has 2 heteroatoms. The molecule has 0 fully saturated rings. The third kappa shape index (κ3) is 3.86. The molecule has 1 rings (SSSR count). The topological polar surface area (TPSA) is 0 Å². The maximum absolute atomic E-state index is 12.3. The first kappa shape index (κ1) is 9.72. The number of rotatable bonds is 4. The molecule has 0 saturated carbocycles. The van der Waals surface area contributed by atoms with E-state index in [0.717, 1.165) is 12.8 Å². The van der Waals surface area contributed by atoms with Gasteiger partial charge in [0.2, 0.25) is 0 Å². The van der Waals surface area contributed by atoms with Crippen molar-refractivity contribution < 1.29 is 4.39 Å². The van der Waals surface area contributed by atoms with E-state index in [9.17, 15) is 4.39 Å². The molecule has 0 amide bonds. The van der Waals surface area contributed by atoms with Crippen molar-refractivity contribution >= 4 is 15.9 Å². The van der Waals surface area contributed by atoms with Crippen LogP contribution in [0.15, 0.2) is 30.3 Å². The number of hydrogen-bond donors (Lipinski definition) is 0. The van der Waals surface area contributed by atoms with Gasteiger partial charge in [0.1, 0.15) is 0 Å². The minimum Gasteiger partial charge on any atom is -0.235 e. The first-order valence-electron chi connectivity index (χ1n) is 4.11. The largest absolute Gasteiger partial charge is 0.235 e. The average Bonchev–Trinajstić information content (AvgIpc) is 2.05. The zero-order valence-electron chi connectivity index (χ0n) is 6.84. The smallest absolute Gasteiger partial charge is 0.154 e. The molecule has 0 N–H and O–H groups in total. The highest BCUT2D eigenvalue weighted by Crippen LogP contribution is 2.12. The van der Waals surface area contributed by atoms with E-state index in [1.54, 1.807) is 0 Å². The van der Waals surface area contributed by atoms with Crippen LogP contribution in [0.2, 0.25) is 0 Å². The lowest BCUT2D eigenvalue weighted by atomic mass is 10.1. The van der Waals surface area contributed by atoms with Gasteiger partial charge in [-0.25, -0.2) is 4.39 Å². The second-order valence-electron chi connectivity index (χ2n) is 2.77. The summed E-state index contributed by atoms with van der Waals surface area (Å²) in [6, 6.07) is 10.2. The van der Waals surface area contributed by atoms with Gasteiger partial charge in [0.05, 0.1) is 0 Å². The number of alkyl halides is 2. The summed E-state index contributed by atoms with van der Waals surface area (Å²) >= 11 is 2.88. The van der Waals surface area contributed by atoms with Crippen molar-refractivity contribution in [2.24, 2.45) is 0 Å². The van der Waals surface area contributed by atoms with Crippen molar-refractivity contribution in [3.63, 3.8) is 0 Å². The van der Waals surface area contributed by atoms with Gasteiger partial charge in [-0.3, -0.25) is 0 Å². The van der Waals surface area contributed by atoms with Gasteiger partial charge in [-0.2, -0.15) is 0 Å². The van der Waals surface area contributed by atoms with Gasteiger partial charge in [-0.05, 0) is 24.8 Å². The molecule has 0 aromatic heterocycles. The van der Waals surface area contributed by atoms with E-state index in [2.05, 4.69) is 28.1 Å². The molecular weight excluding hydrogens is 219 g/mol. The summed E-state index contributed by atoms with van der Waals surface area (Å²) in [7, 11) is 0. The van der Waals surface area contributed by atoms with E-state index in [1.165, 1.54) is 5.56 Å². The zero-order chi connectivity index (χ0) is 8.81. The summed E-state index contributed by atoms with van der Waals surface area (Å²) in [6.45, 7) is 0. The molecule has 12 heavy (non-hydrogen) atoms. The van der Waals surface area contributed by atoms with Crippen molar-refractivity contribution in [2.75, 3.05) is 0 Å². The first-order valence-corrected chi connectivity index (χ1v) is 5.02. The molecular formula is C10H12BrF. The second kappa shape index (κ2) is 5.31. The molecule has 0 spiro atoms. The Balaban J connectivity index is 2.25. The zero-order valence-corrected chi connectivity index (χ0v) is 8.43. The van der Waals surface area contributed by atoms with Crippen molar-refractivity contribution in [3.8, 4) is 0 Å². The van der Waals surface area contributed by atoms with Crippen LogP contribution in [0, 0.1) is 0 Å². The van der Waals surface area contributed by atoms with Gasteiger partial charge >= 0.3 is 0 Å². The van der Waals surface area contributed by atoms with Crippen LogP contribution in [0.25, 0.3) is 0 Å². The molecule has 0 saturated heterocycles. The fraction of sp³-hybridized carbons (Fsp3) is 0.400. The van der Waals surface area contributed by atoms with Crippen LogP contribution in [0.4, 0.5) is 4.39 Å². The number of aryl methyl sites for hydroxylation is 1. The van der Waals surface area contributed by atoms with E-state index in [0.29, 0.717) is 6.42 Å². The van der Waals surface area contributed by atoms with Gasteiger partial charge in [0.25, 0.3) is 0 Å². The van der Waals surface area contributed by atoms with E-state index in [4.69, 9.17) is 0 Å². The third-order valence-corrected chi connectivity index (χ3v) is 2.19. The van der Waals surface area contributed by atoms with Crippen LogP contribution in [0.1, 0.15) is 18.4 Å². The van der Waals surface area contributed by atoms with Crippen LogP contribution >= 0.6 is 15.9 Å². The molecule has 0 aliphatic rings. The quantitative estimate of drug-likeness (QED) is 0.693. The second-order valence-corrected chi connectivity index (χ2v) is 3.76. The summed E-state index contributed by atoms with van der Waals surface area (Å²) < 4.78 is 12.3. The summed E-state index contributed by atoms with van der Waals surface area (Å²) in [5.74, 6) is 0. The average molecular weight is 231 g/mol. The lowest BCUT2D eigenvalue weighted by Crippen LogP contribution is -1.90. The summed E-state index contributed by atoms with van der Waals surface area (Å²) in [4.78, 5) is 0. The SMILES string of the molecule is FC(Br)CCCc1ccccc1. The van der Waals surface area contributed by atoms with Crippen molar-refractivity contribution in [3.05, 3.63) is 35.9 Å². The third-order valence-electron chi connectivity index (χ3n) is 1.73. The Kier molecular flexibility index (Phi) is 4.30. The van der Waals surface area contributed by atoms with Crippen LogP contribution in [-0.2, 0) is 6.42 Å². The fourth-order valence-electron chi connectivity index (χ4n) is 1.11. The Bertz CT molecular complexity index is 208. The van der Waals surface area contributed by atoms with Gasteiger partial charge in [-0.15, -0.1) is 0 Å². The Hall–Kier alpha value is -0.370. The molecule has 1 atom stereocenters. The summed E-state index contributed by atoms with van der Waals surface area (Å²) in [5, 5.41) is -0.846. The molecule has 0 nitrogen and oxygen atoms in total. The van der Waals surface area contributed by atoms with Gasteiger partial charge < -0.3 is 0 Å². The Morgan fingerprint density at radius 1 is 1.25 bits per heavy atom. The molecule has 0 aliphatic carbocycles. The first-order chi connectivity index (χ1) is 5.79. The van der Waals surface area contributed by atoms with Gasteiger partial charge in [0, 0.05) is 0 Å². The summed E-state index contributed by atoms with van der Waals surface area (Å²) in [6.07, 6.45) is 2.46. The fourth-order valence-corrected chi connectivity index (χ4v) is 1.43. The normalized spacial score (nSPS) is 12.8. The lowest BCUT2D eigenvalue weighted by Gasteiger charge is -2.00. The highest BCUT2D eigenvalue weighted by molar-refractivity contribution is 9.09. The van der Waals surface area contributed by atoms with E-state index in [-0.39, 0.29) is 0 Å². The maximum atomic E-state index is 12.3. The van der Waals surface area contributed by atoms with Gasteiger partial charge in [0.15, 0.2) is 5.08 Å². The summed E-state index contributed by atoms with van der Waals surface area (Å²) in [5.41, 5.74) is 1.28. The van der Waals surface area contributed by atoms with Crippen LogP contribution in [-0.4, -0.2) is 5.08 Å². The monoisotopic (exact) mass is 230 g/mol. The van der Waals surface area contributed by atoms with Crippen molar-refractivity contribution in [2.45, 2.75) is 24.3 Å². The van der Waals surface area contributed by atoms with Crippen LogP contribution < -0.4 is 0 Å². The minimum atomic E-state index is -0.846. The maximum Gasteiger partial charge on any atom is 0.154 e. The number of halogens is 2. The Morgan fingerprint density at radius 2 is 1.92 bits per heavy atom. The van der Waals surface area contributed by atoms with Gasteiger partial charge in [-0.1, -0.05) is 46.3 Å². The molecule has 1 aromatic rings. The highest BCUT2D eigenvalue weighted by atomic mass is 79.9. The van der Waals surface area contributed by atoms with Crippen LogP contribution in [0.5, 0.6) is 0 Å². The molecule has 0 aliphatic heterocycles. The minimum absolute atomic E-state index is 0.592. The Labute approximate surface area is 80.9 Å². The number of hydrogen-bond acceptors (Lipinski definition) is 0. The predicted molar refractivity (Wildman–Crippen MR) is 53.2 cm³/mol. The van der Waals surface area contributed by atoms with E-state index >= 15 is 0 Å². The van der Waals surface area contributed by atoms with E-state index < -0.39 is 5.08 Å². The van der Waals surface area contributed by atoms with Crippen molar-refractivity contribution in [1.29, 1.82) is 0 Å².